The van der Waals surface area contributed by atoms with Crippen molar-refractivity contribution in [1.82, 2.24) is 0 Å². The van der Waals surface area contributed by atoms with Gasteiger partial charge in [0.15, 0.2) is 0 Å². The fourth-order valence-corrected chi connectivity index (χ4v) is 1.09. The normalized spacial score (nSPS) is 19.0. The van der Waals surface area contributed by atoms with Crippen LogP contribution in [-0.2, 0) is 4.79 Å². The second-order valence-electron chi connectivity index (χ2n) is 1.89. The fraction of sp³-hybridized carbons (Fsp3) is 0.125. The second kappa shape index (κ2) is 3.96. The van der Waals surface area contributed by atoms with Crippen LogP contribution < -0.4 is 0 Å². The number of carbonyl (C=O) groups excluding carboxylic acids is 1. The highest BCUT2D eigenvalue weighted by Crippen LogP contribution is 2.08. The van der Waals surface area contributed by atoms with Crippen LogP contribution in [0.4, 0.5) is 0 Å². The minimum absolute atomic E-state index is 0.516. The number of hydrogen-bond acceptors (Lipinski definition) is 3. The Morgan fingerprint density at radius 1 is 1.45 bits per heavy atom. The summed E-state index contributed by atoms with van der Waals surface area (Å²) in [6, 6.07) is 0. The predicted octanol–water partition coefficient (Wildman–Crippen LogP) is 1.59. The lowest BCUT2D eigenvalue weighted by Gasteiger charge is -1.99. The summed E-state index contributed by atoms with van der Waals surface area (Å²) in [4.78, 5) is 10.3. The Labute approximate surface area is 69.5 Å². The van der Waals surface area contributed by atoms with E-state index in [4.69, 9.17) is 0 Å². The van der Waals surface area contributed by atoms with E-state index in [0.29, 0.717) is 11.3 Å². The topological polar surface area (TPSA) is 29.4 Å². The molecular weight excluding hydrogens is 158 g/mol. The fourth-order valence-electron chi connectivity index (χ4n) is 0.738. The Morgan fingerprint density at radius 2 is 2.18 bits per heavy atom. The average molecular weight is 165 g/mol. The molecule has 1 aliphatic rings. The molecule has 0 radical (unpaired) electrons. The van der Waals surface area contributed by atoms with Crippen LogP contribution in [-0.4, -0.2) is 17.9 Å². The maximum Gasteiger partial charge on any atom is 0.134 e. The summed E-state index contributed by atoms with van der Waals surface area (Å²) in [5.74, 6) is 1.82. The summed E-state index contributed by atoms with van der Waals surface area (Å²) in [5.41, 5.74) is 1.21. The summed E-state index contributed by atoms with van der Waals surface area (Å²) in [5, 5.41) is 0. The van der Waals surface area contributed by atoms with Crippen molar-refractivity contribution >= 4 is 23.6 Å². The van der Waals surface area contributed by atoms with Crippen molar-refractivity contribution in [2.45, 2.75) is 0 Å². The van der Waals surface area contributed by atoms with Crippen molar-refractivity contribution in [2.75, 3.05) is 6.26 Å². The largest absolute Gasteiger partial charge is 0.233 e. The summed E-state index contributed by atoms with van der Waals surface area (Å²) >= 11 is 1.33. The van der Waals surface area contributed by atoms with Gasteiger partial charge in [0.05, 0.1) is 11.3 Å². The first-order valence-corrected chi connectivity index (χ1v) is 4.28. The van der Waals surface area contributed by atoms with Crippen LogP contribution in [0, 0.1) is 0 Å². The maximum absolute atomic E-state index is 10.3. The molecule has 0 heterocycles. The third-order valence-electron chi connectivity index (χ3n) is 1.20. The first kappa shape index (κ1) is 8.05. The van der Waals surface area contributed by atoms with Gasteiger partial charge in [0.25, 0.3) is 0 Å². The van der Waals surface area contributed by atoms with Gasteiger partial charge in [0.2, 0.25) is 0 Å². The van der Waals surface area contributed by atoms with Crippen LogP contribution in [0.15, 0.2) is 34.3 Å². The number of hydrogen-bond donors (Lipinski definition) is 0. The Morgan fingerprint density at radius 3 is 2.82 bits per heavy atom. The highest BCUT2D eigenvalue weighted by molar-refractivity contribution is 7.97. The quantitative estimate of drug-likeness (QED) is 0.436. The van der Waals surface area contributed by atoms with Gasteiger partial charge in [-0.3, -0.25) is 0 Å². The molecule has 0 aromatic heterocycles. The van der Waals surface area contributed by atoms with Crippen LogP contribution in [0.3, 0.4) is 0 Å². The van der Waals surface area contributed by atoms with Crippen molar-refractivity contribution in [3.63, 3.8) is 0 Å². The Kier molecular flexibility index (Phi) is 2.90. The first-order valence-electron chi connectivity index (χ1n) is 3.10. The maximum atomic E-state index is 10.3. The molecule has 0 saturated heterocycles. The molecule has 0 fully saturated rings. The summed E-state index contributed by atoms with van der Waals surface area (Å²) in [6.07, 6.45) is 8.97. The minimum atomic E-state index is 0.516. The zero-order chi connectivity index (χ0) is 8.10. The van der Waals surface area contributed by atoms with Crippen LogP contribution in [0.2, 0.25) is 0 Å². The number of nitrogens with zero attached hydrogens (tertiary/aromatic N) is 1. The van der Waals surface area contributed by atoms with Crippen molar-refractivity contribution in [3.05, 3.63) is 29.9 Å². The molecule has 0 unspecified atom stereocenters. The van der Waals surface area contributed by atoms with Crippen molar-refractivity contribution < 1.29 is 4.79 Å². The zero-order valence-corrected chi connectivity index (χ0v) is 6.89. The predicted molar refractivity (Wildman–Crippen MR) is 48.4 cm³/mol. The molecule has 0 aromatic carbocycles. The summed E-state index contributed by atoms with van der Waals surface area (Å²) in [6.45, 7) is 0. The van der Waals surface area contributed by atoms with Crippen LogP contribution in [0.25, 0.3) is 0 Å². The number of allylic oxidation sites excluding steroid dienone is 5. The lowest BCUT2D eigenvalue weighted by Crippen LogP contribution is -1.99. The average Bonchev–Trinajstić information content (AvgIpc) is 2.06. The van der Waals surface area contributed by atoms with Crippen molar-refractivity contribution in [2.24, 2.45) is 4.40 Å². The van der Waals surface area contributed by atoms with Gasteiger partial charge >= 0.3 is 0 Å². The van der Waals surface area contributed by atoms with E-state index in [0.717, 1.165) is 0 Å². The Balaban J connectivity index is 2.97. The second-order valence-corrected chi connectivity index (χ2v) is 2.44. The SMILES string of the molecule is CS/N=C1\C=CC=CC1=C=O. The number of rotatable bonds is 1. The van der Waals surface area contributed by atoms with E-state index in [-0.39, 0.29) is 0 Å². The van der Waals surface area contributed by atoms with Crippen molar-refractivity contribution in [3.8, 4) is 0 Å². The third-order valence-corrected chi connectivity index (χ3v) is 1.58. The Hall–Kier alpha value is -1.05. The molecule has 1 aliphatic carbocycles. The van der Waals surface area contributed by atoms with E-state index in [2.05, 4.69) is 4.40 Å². The van der Waals surface area contributed by atoms with E-state index in [9.17, 15) is 4.79 Å². The lowest BCUT2D eigenvalue weighted by molar-refractivity contribution is 0.568. The zero-order valence-electron chi connectivity index (χ0n) is 6.07. The van der Waals surface area contributed by atoms with Crippen LogP contribution in [0.5, 0.6) is 0 Å². The van der Waals surface area contributed by atoms with Gasteiger partial charge < -0.3 is 0 Å². The molecule has 0 atom stereocenters. The van der Waals surface area contributed by atoms with E-state index in [1.807, 2.05) is 18.3 Å². The smallest absolute Gasteiger partial charge is 0.134 e. The Bertz CT molecular complexity index is 282. The molecule has 0 spiro atoms. The summed E-state index contributed by atoms with van der Waals surface area (Å²) < 4.78 is 4.03. The van der Waals surface area contributed by atoms with E-state index in [1.165, 1.54) is 11.9 Å². The van der Waals surface area contributed by atoms with Crippen LogP contribution in [0.1, 0.15) is 0 Å². The van der Waals surface area contributed by atoms with Gasteiger partial charge in [-0.05, 0) is 24.1 Å². The van der Waals surface area contributed by atoms with Gasteiger partial charge in [-0.25, -0.2) is 9.19 Å². The molecule has 56 valence electrons. The molecule has 2 nitrogen and oxygen atoms in total. The van der Waals surface area contributed by atoms with E-state index < -0.39 is 0 Å². The monoisotopic (exact) mass is 165 g/mol. The molecule has 11 heavy (non-hydrogen) atoms. The van der Waals surface area contributed by atoms with Gasteiger partial charge in [-0.1, -0.05) is 12.2 Å². The van der Waals surface area contributed by atoms with Gasteiger partial charge in [-0.2, -0.15) is 0 Å². The lowest BCUT2D eigenvalue weighted by atomic mass is 10.1. The highest BCUT2D eigenvalue weighted by atomic mass is 32.2. The van der Waals surface area contributed by atoms with E-state index in [1.54, 1.807) is 18.2 Å². The van der Waals surface area contributed by atoms with Gasteiger partial charge in [-0.15, -0.1) is 0 Å². The highest BCUT2D eigenvalue weighted by Gasteiger charge is 2.03. The molecule has 1 rings (SSSR count). The molecular formula is C8H7NOS. The minimum Gasteiger partial charge on any atom is -0.233 e. The molecule has 0 aromatic rings. The molecule has 0 amide bonds. The summed E-state index contributed by atoms with van der Waals surface area (Å²) in [7, 11) is 0. The molecule has 0 aliphatic heterocycles. The molecule has 3 heteroatoms. The van der Waals surface area contributed by atoms with Crippen molar-refractivity contribution in [1.29, 1.82) is 0 Å². The standard InChI is InChI=1S/C8H7NOS/c1-11-9-8-5-3-2-4-7(8)6-10/h2-5H,1H3/b9-8+. The molecule has 0 N–H and O–H groups in total. The molecule has 0 bridgehead atoms. The van der Waals surface area contributed by atoms with Crippen LogP contribution >= 0.6 is 11.9 Å². The van der Waals surface area contributed by atoms with E-state index >= 15 is 0 Å². The van der Waals surface area contributed by atoms with Gasteiger partial charge in [0.1, 0.15) is 5.94 Å². The first-order chi connectivity index (χ1) is 5.38. The molecule has 0 saturated carbocycles. The third kappa shape index (κ3) is 1.93. The van der Waals surface area contributed by atoms with Gasteiger partial charge in [0, 0.05) is 6.26 Å².